The molecule has 1 heterocycles. The van der Waals surface area contributed by atoms with Gasteiger partial charge < -0.3 is 10.6 Å². The quantitative estimate of drug-likeness (QED) is 0.766. The van der Waals surface area contributed by atoms with E-state index in [1.807, 2.05) is 0 Å². The fourth-order valence-corrected chi connectivity index (χ4v) is 3.40. The highest BCUT2D eigenvalue weighted by atomic mass is 32.1. The van der Waals surface area contributed by atoms with Gasteiger partial charge in [-0.15, -0.1) is 0 Å². The summed E-state index contributed by atoms with van der Waals surface area (Å²) < 4.78 is 0. The van der Waals surface area contributed by atoms with E-state index < -0.39 is 0 Å². The maximum atomic E-state index is 5.69. The van der Waals surface area contributed by atoms with Crippen LogP contribution in [0.15, 0.2) is 0 Å². The molecule has 1 aliphatic heterocycles. The number of piperidine rings is 1. The first kappa shape index (κ1) is 12.3. The van der Waals surface area contributed by atoms with Crippen molar-refractivity contribution in [2.75, 3.05) is 19.6 Å². The molecule has 0 amide bonds. The Morgan fingerprint density at radius 3 is 2.50 bits per heavy atom. The normalized spacial score (nSPS) is 27.6. The molecule has 0 aromatic carbocycles. The number of likely N-dealkylation sites (tertiary alicyclic amines) is 1. The Morgan fingerprint density at radius 1 is 1.31 bits per heavy atom. The van der Waals surface area contributed by atoms with Crippen LogP contribution in [-0.4, -0.2) is 29.5 Å². The molecule has 1 aliphatic carbocycles. The molecule has 2 aliphatic rings. The molecular weight excluding hydrogens is 216 g/mol. The molecule has 0 spiro atoms. The fourth-order valence-electron chi connectivity index (χ4n) is 3.09. The van der Waals surface area contributed by atoms with Crippen molar-refractivity contribution in [2.24, 2.45) is 16.6 Å². The van der Waals surface area contributed by atoms with E-state index in [-0.39, 0.29) is 0 Å². The maximum Gasteiger partial charge on any atom is 0.0733 e. The summed E-state index contributed by atoms with van der Waals surface area (Å²) in [6.45, 7) is 8.49. The molecule has 1 saturated carbocycles. The van der Waals surface area contributed by atoms with E-state index in [0.29, 0.717) is 15.8 Å². The van der Waals surface area contributed by atoms with Crippen molar-refractivity contribution >= 4 is 17.2 Å². The molecule has 2 N–H and O–H groups in total. The van der Waals surface area contributed by atoms with E-state index >= 15 is 0 Å². The lowest BCUT2D eigenvalue weighted by Crippen LogP contribution is -2.43. The highest BCUT2D eigenvalue weighted by Crippen LogP contribution is 2.50. The van der Waals surface area contributed by atoms with Gasteiger partial charge in [-0.05, 0) is 43.1 Å². The first-order valence-corrected chi connectivity index (χ1v) is 6.82. The van der Waals surface area contributed by atoms with Gasteiger partial charge in [0.05, 0.1) is 4.99 Å². The Morgan fingerprint density at radius 2 is 2.00 bits per heavy atom. The molecule has 0 aromatic rings. The van der Waals surface area contributed by atoms with Crippen LogP contribution in [0.5, 0.6) is 0 Å². The van der Waals surface area contributed by atoms with Gasteiger partial charge in [-0.25, -0.2) is 0 Å². The van der Waals surface area contributed by atoms with Crippen molar-refractivity contribution in [3.05, 3.63) is 0 Å². The smallest absolute Gasteiger partial charge is 0.0733 e. The average molecular weight is 240 g/mol. The third-order valence-corrected chi connectivity index (χ3v) is 4.19. The van der Waals surface area contributed by atoms with Crippen LogP contribution < -0.4 is 5.73 Å². The van der Waals surface area contributed by atoms with Gasteiger partial charge in [0.2, 0.25) is 0 Å². The summed E-state index contributed by atoms with van der Waals surface area (Å²) in [4.78, 5) is 3.34. The highest BCUT2D eigenvalue weighted by molar-refractivity contribution is 7.80. The third-order valence-electron chi connectivity index (χ3n) is 4.04. The molecule has 0 bridgehead atoms. The van der Waals surface area contributed by atoms with Gasteiger partial charge in [0, 0.05) is 19.5 Å². The molecule has 2 fully saturated rings. The number of hydrogen-bond donors (Lipinski definition) is 1. The van der Waals surface area contributed by atoms with Crippen molar-refractivity contribution in [1.29, 1.82) is 0 Å². The summed E-state index contributed by atoms with van der Waals surface area (Å²) in [5.41, 5.74) is 6.65. The highest BCUT2D eigenvalue weighted by Gasteiger charge is 2.45. The lowest BCUT2D eigenvalue weighted by atomic mass is 9.83. The zero-order valence-corrected chi connectivity index (χ0v) is 11.4. The molecule has 3 heteroatoms. The van der Waals surface area contributed by atoms with E-state index in [4.69, 9.17) is 18.0 Å². The standard InChI is InChI=1S/C13H24N2S/c1-12(2)4-3-7-15(9-12)10-13(5-6-13)8-11(14)16/h3-10H2,1-2H3,(H2,14,16). The number of nitrogens with zero attached hydrogens (tertiary/aromatic N) is 1. The Bertz CT molecular complexity index is 282. The summed E-state index contributed by atoms with van der Waals surface area (Å²) in [7, 11) is 0. The van der Waals surface area contributed by atoms with Crippen LogP contribution in [0.4, 0.5) is 0 Å². The van der Waals surface area contributed by atoms with Gasteiger partial charge >= 0.3 is 0 Å². The molecule has 92 valence electrons. The minimum absolute atomic E-state index is 0.458. The van der Waals surface area contributed by atoms with Crippen molar-refractivity contribution in [3.63, 3.8) is 0 Å². The van der Waals surface area contributed by atoms with E-state index in [2.05, 4.69) is 18.7 Å². The van der Waals surface area contributed by atoms with Crippen LogP contribution in [0.25, 0.3) is 0 Å². The van der Waals surface area contributed by atoms with Crippen LogP contribution >= 0.6 is 12.2 Å². The van der Waals surface area contributed by atoms with Gasteiger partial charge in [0.25, 0.3) is 0 Å². The van der Waals surface area contributed by atoms with Gasteiger partial charge in [-0.3, -0.25) is 0 Å². The first-order valence-electron chi connectivity index (χ1n) is 6.42. The topological polar surface area (TPSA) is 29.3 Å². The van der Waals surface area contributed by atoms with Crippen molar-refractivity contribution in [1.82, 2.24) is 4.90 Å². The SMILES string of the molecule is CC1(C)CCCN(CC2(CC(N)=S)CC2)C1. The Hall–Kier alpha value is -0.150. The van der Waals surface area contributed by atoms with Crippen LogP contribution in [0, 0.1) is 10.8 Å². The molecule has 2 rings (SSSR count). The maximum absolute atomic E-state index is 5.69. The predicted octanol–water partition coefficient (Wildman–Crippen LogP) is 2.56. The lowest BCUT2D eigenvalue weighted by molar-refractivity contribution is 0.0982. The number of nitrogens with two attached hydrogens (primary N) is 1. The monoisotopic (exact) mass is 240 g/mol. The molecule has 0 atom stereocenters. The third kappa shape index (κ3) is 3.17. The first-order chi connectivity index (χ1) is 7.41. The number of thiocarbonyl (C=S) groups is 1. The lowest BCUT2D eigenvalue weighted by Gasteiger charge is -2.39. The second-order valence-electron chi connectivity index (χ2n) is 6.62. The summed E-state index contributed by atoms with van der Waals surface area (Å²) in [6, 6.07) is 0. The van der Waals surface area contributed by atoms with Gasteiger partial charge in [0.15, 0.2) is 0 Å². The summed E-state index contributed by atoms with van der Waals surface area (Å²) in [6.07, 6.45) is 6.31. The van der Waals surface area contributed by atoms with E-state index in [1.165, 1.54) is 45.3 Å². The van der Waals surface area contributed by atoms with Gasteiger partial charge in [-0.1, -0.05) is 26.1 Å². The number of rotatable bonds is 4. The van der Waals surface area contributed by atoms with Crippen molar-refractivity contribution < 1.29 is 0 Å². The summed E-state index contributed by atoms with van der Waals surface area (Å²) in [5, 5.41) is 0. The molecule has 16 heavy (non-hydrogen) atoms. The van der Waals surface area contributed by atoms with E-state index in [1.54, 1.807) is 0 Å². The summed E-state index contributed by atoms with van der Waals surface area (Å²) >= 11 is 5.06. The minimum atomic E-state index is 0.458. The van der Waals surface area contributed by atoms with Crippen LogP contribution in [0.2, 0.25) is 0 Å². The minimum Gasteiger partial charge on any atom is -0.393 e. The van der Waals surface area contributed by atoms with Crippen molar-refractivity contribution in [2.45, 2.75) is 46.0 Å². The molecule has 0 unspecified atom stereocenters. The Labute approximate surface area is 105 Å². The van der Waals surface area contributed by atoms with Gasteiger partial charge in [0.1, 0.15) is 0 Å². The molecule has 2 nitrogen and oxygen atoms in total. The summed E-state index contributed by atoms with van der Waals surface area (Å²) in [5.74, 6) is 0. The zero-order chi connectivity index (χ0) is 11.8. The molecular formula is C13H24N2S. The van der Waals surface area contributed by atoms with Crippen LogP contribution in [0.3, 0.4) is 0 Å². The van der Waals surface area contributed by atoms with E-state index in [0.717, 1.165) is 6.42 Å². The largest absolute Gasteiger partial charge is 0.393 e. The van der Waals surface area contributed by atoms with Crippen LogP contribution in [-0.2, 0) is 0 Å². The molecule has 0 radical (unpaired) electrons. The van der Waals surface area contributed by atoms with Gasteiger partial charge in [-0.2, -0.15) is 0 Å². The van der Waals surface area contributed by atoms with Crippen molar-refractivity contribution in [3.8, 4) is 0 Å². The van der Waals surface area contributed by atoms with Crippen LogP contribution in [0.1, 0.15) is 46.0 Å². The Balaban J connectivity index is 1.87. The molecule has 1 saturated heterocycles. The second kappa shape index (κ2) is 4.26. The average Bonchev–Trinajstić information content (AvgIpc) is 2.81. The second-order valence-corrected chi connectivity index (χ2v) is 7.15. The molecule has 0 aromatic heterocycles. The predicted molar refractivity (Wildman–Crippen MR) is 72.5 cm³/mol. The number of hydrogen-bond acceptors (Lipinski definition) is 2. The van der Waals surface area contributed by atoms with E-state index in [9.17, 15) is 0 Å². The fraction of sp³-hybridized carbons (Fsp3) is 0.923. The zero-order valence-electron chi connectivity index (χ0n) is 10.6. The Kier molecular flexibility index (Phi) is 3.28.